The average Bonchev–Trinajstić information content (AvgIpc) is 3.89. The summed E-state index contributed by atoms with van der Waals surface area (Å²) < 4.78 is 35.0. The molecule has 0 aromatic carbocycles. The second-order valence-electron chi connectivity index (χ2n) is 13.3. The summed E-state index contributed by atoms with van der Waals surface area (Å²) in [5, 5.41) is 26.3. The Morgan fingerprint density at radius 3 is 1.71 bits per heavy atom. The summed E-state index contributed by atoms with van der Waals surface area (Å²) in [7, 11) is 0. The van der Waals surface area contributed by atoms with Crippen LogP contribution in [0.4, 0.5) is 13.6 Å². The summed E-state index contributed by atoms with van der Waals surface area (Å²) in [6.07, 6.45) is 12.8. The molecular formula is C32H37F2N11O3. The summed E-state index contributed by atoms with van der Waals surface area (Å²) in [6, 6.07) is 4.11. The number of halogens is 2. The van der Waals surface area contributed by atoms with Crippen LogP contribution in [-0.4, -0.2) is 96.5 Å². The largest absolute Gasteiger partial charge is 0.465 e. The van der Waals surface area contributed by atoms with Gasteiger partial charge in [-0.25, -0.2) is 23.5 Å². The number of aromatic amines is 2. The number of amides is 1. The minimum absolute atomic E-state index is 0.216. The number of nitrogens with zero attached hydrogens (tertiary/aromatic N) is 9. The Balaban J connectivity index is 0.000000326. The first-order chi connectivity index (χ1) is 23.2. The lowest BCUT2D eigenvalue weighted by Gasteiger charge is -2.36. The van der Waals surface area contributed by atoms with E-state index >= 15 is 0 Å². The van der Waals surface area contributed by atoms with Crippen molar-refractivity contribution in [3.8, 4) is 0 Å². The van der Waals surface area contributed by atoms with Gasteiger partial charge in [-0.3, -0.25) is 13.7 Å². The van der Waals surface area contributed by atoms with Crippen LogP contribution in [0.25, 0.3) is 33.6 Å². The highest BCUT2D eigenvalue weighted by atomic mass is 19.3. The number of alkyl halides is 2. The van der Waals surface area contributed by atoms with Gasteiger partial charge in [0.2, 0.25) is 0 Å². The molecule has 3 N–H and O–H groups in total. The molecule has 1 saturated heterocycles. The zero-order valence-electron chi connectivity index (χ0n) is 26.6. The summed E-state index contributed by atoms with van der Waals surface area (Å²) >= 11 is 0. The van der Waals surface area contributed by atoms with E-state index in [1.165, 1.54) is 0 Å². The van der Waals surface area contributed by atoms with Crippen molar-refractivity contribution >= 4 is 39.7 Å². The van der Waals surface area contributed by atoms with E-state index in [1.54, 1.807) is 12.4 Å². The van der Waals surface area contributed by atoms with Crippen molar-refractivity contribution in [2.24, 2.45) is 11.8 Å². The fourth-order valence-corrected chi connectivity index (χ4v) is 8.10. The number of fused-ring (bicyclic) bond motifs is 6. The van der Waals surface area contributed by atoms with Gasteiger partial charge in [-0.1, -0.05) is 26.7 Å². The topological polar surface area (TPSA) is 168 Å². The molecule has 7 heterocycles. The van der Waals surface area contributed by atoms with Crippen molar-refractivity contribution in [3.63, 3.8) is 0 Å². The maximum atomic E-state index is 11.8. The number of hydrogen-bond acceptors (Lipinski definition) is 8. The van der Waals surface area contributed by atoms with Gasteiger partial charge in [-0.05, 0) is 49.7 Å². The summed E-state index contributed by atoms with van der Waals surface area (Å²) in [5.41, 5.74) is 5.38. The molecule has 6 aromatic heterocycles. The van der Waals surface area contributed by atoms with Crippen LogP contribution in [0.2, 0.25) is 0 Å². The van der Waals surface area contributed by atoms with Crippen molar-refractivity contribution in [2.75, 3.05) is 13.1 Å². The van der Waals surface area contributed by atoms with Gasteiger partial charge in [0.25, 0.3) is 5.92 Å². The number of carbonyl (C=O) groups is 1. The number of H-pyrrole nitrogens is 2. The molecule has 9 rings (SSSR count). The van der Waals surface area contributed by atoms with Gasteiger partial charge in [-0.2, -0.15) is 0 Å². The Labute approximate surface area is 272 Å². The van der Waals surface area contributed by atoms with E-state index in [9.17, 15) is 13.6 Å². The van der Waals surface area contributed by atoms with E-state index in [0.29, 0.717) is 28.6 Å². The number of nitrogens with one attached hydrogen (secondary N) is 2. The molecule has 6 aromatic rings. The third-order valence-corrected chi connectivity index (χ3v) is 10.4. The fourth-order valence-electron chi connectivity index (χ4n) is 8.10. The van der Waals surface area contributed by atoms with Crippen LogP contribution in [0.15, 0.2) is 36.9 Å². The predicted molar refractivity (Wildman–Crippen MR) is 170 cm³/mol. The Morgan fingerprint density at radius 2 is 1.31 bits per heavy atom. The van der Waals surface area contributed by atoms with E-state index in [-0.39, 0.29) is 12.2 Å². The van der Waals surface area contributed by atoms with E-state index in [2.05, 4.69) is 75.1 Å². The Kier molecular flexibility index (Phi) is 7.49. The third kappa shape index (κ3) is 5.22. The van der Waals surface area contributed by atoms with E-state index in [4.69, 9.17) is 9.84 Å². The van der Waals surface area contributed by atoms with Gasteiger partial charge in [0.05, 0.1) is 48.7 Å². The Morgan fingerprint density at radius 1 is 0.833 bits per heavy atom. The smallest absolute Gasteiger partial charge is 0.407 e. The van der Waals surface area contributed by atoms with Crippen molar-refractivity contribution in [1.82, 2.24) is 54.0 Å². The lowest BCUT2D eigenvalue weighted by Crippen LogP contribution is -2.57. The normalized spacial score (nSPS) is 26.8. The molecule has 1 amide bonds. The first-order valence-electron chi connectivity index (χ1n) is 16.6. The highest BCUT2D eigenvalue weighted by molar-refractivity contribution is 5.75. The second-order valence-corrected chi connectivity index (χ2v) is 13.3. The molecule has 6 atom stereocenters. The van der Waals surface area contributed by atoms with Gasteiger partial charge < -0.3 is 19.8 Å². The molecule has 0 unspecified atom stereocenters. The van der Waals surface area contributed by atoms with Crippen molar-refractivity contribution in [1.29, 1.82) is 0 Å². The van der Waals surface area contributed by atoms with Crippen LogP contribution < -0.4 is 0 Å². The average molecular weight is 662 g/mol. The third-order valence-electron chi connectivity index (χ3n) is 10.4. The Bertz CT molecular complexity index is 1970. The van der Waals surface area contributed by atoms with Crippen LogP contribution in [0.1, 0.15) is 75.9 Å². The Hall–Kier alpha value is -4.73. The highest BCUT2D eigenvalue weighted by Gasteiger charge is 2.46. The standard InChI is InChI=1S/C28H32N10O.C4H5F2NO2/c1-3-15-9-17(11-19(15)27-35-33-23-13-31-25-21(37(23)27)5-7-29-25)39-18-10-16(4-2)20(12-18)28-36-34-24-14-32-26-22(38(24)28)6-8-30-26;5-4(6)1-7(2-4)3(8)9/h5-8,13-20,29-30H,3-4,9-12H2,1-2H3;1-2H2,(H,8,9)/t15-,16-,17+,18+,19+,20+;/m1./s1. The second kappa shape index (κ2) is 11.8. The minimum Gasteiger partial charge on any atom is -0.465 e. The van der Waals surface area contributed by atoms with E-state index in [1.807, 2.05) is 12.4 Å². The molecule has 2 aliphatic carbocycles. The minimum atomic E-state index is -2.78. The number of rotatable bonds is 6. The SMILES string of the molecule is CC[C@@H]1C[C@H](O[C@H]2C[C@@H](CC)[C@@H](c3nnc4cnc5[nH]ccc5n34)C2)C[C@@H]1c1nnc2cnc3[nH]ccc3n12.O=C(O)N1CC(F)(F)C1. The maximum Gasteiger partial charge on any atom is 0.407 e. The number of ether oxygens (including phenoxy) is 1. The molecule has 14 nitrogen and oxygen atoms in total. The zero-order chi connectivity index (χ0) is 33.2. The van der Waals surface area contributed by atoms with Crippen molar-refractivity contribution in [3.05, 3.63) is 48.6 Å². The first kappa shape index (κ1) is 30.6. The molecule has 0 radical (unpaired) electrons. The van der Waals surface area contributed by atoms with Crippen molar-refractivity contribution in [2.45, 2.75) is 82.3 Å². The molecule has 3 aliphatic rings. The molecule has 3 fully saturated rings. The molecule has 16 heteroatoms. The van der Waals surface area contributed by atoms with Crippen molar-refractivity contribution < 1.29 is 23.4 Å². The molecule has 0 bridgehead atoms. The van der Waals surface area contributed by atoms with Crippen LogP contribution in [0, 0.1) is 11.8 Å². The van der Waals surface area contributed by atoms with Crippen LogP contribution in [-0.2, 0) is 4.74 Å². The van der Waals surface area contributed by atoms with E-state index < -0.39 is 25.1 Å². The van der Waals surface area contributed by atoms with Crippen LogP contribution in [0.5, 0.6) is 0 Å². The predicted octanol–water partition coefficient (Wildman–Crippen LogP) is 5.40. The summed E-state index contributed by atoms with van der Waals surface area (Å²) in [4.78, 5) is 25.9. The fraction of sp³-hybridized carbons (Fsp3) is 0.531. The van der Waals surface area contributed by atoms with E-state index in [0.717, 1.165) is 83.8 Å². The lowest BCUT2D eigenvalue weighted by atomic mass is 9.93. The van der Waals surface area contributed by atoms with Gasteiger partial charge in [0, 0.05) is 24.2 Å². The highest BCUT2D eigenvalue weighted by Crippen LogP contribution is 2.47. The van der Waals surface area contributed by atoms with Gasteiger partial charge in [0.1, 0.15) is 11.6 Å². The zero-order valence-corrected chi connectivity index (χ0v) is 26.6. The molecule has 252 valence electrons. The summed E-state index contributed by atoms with van der Waals surface area (Å²) in [6.45, 7) is 3.26. The molecule has 0 spiro atoms. The quantitative estimate of drug-likeness (QED) is 0.212. The number of hydrogen-bond donors (Lipinski definition) is 3. The van der Waals surface area contributed by atoms with Crippen LogP contribution >= 0.6 is 0 Å². The first-order valence-corrected chi connectivity index (χ1v) is 16.6. The summed E-state index contributed by atoms with van der Waals surface area (Å²) in [5.74, 6) is 0.929. The number of carboxylic acid groups (broad SMARTS) is 1. The van der Waals surface area contributed by atoms with Gasteiger partial charge in [0.15, 0.2) is 22.6 Å². The van der Waals surface area contributed by atoms with Crippen LogP contribution in [0.3, 0.4) is 0 Å². The molecule has 2 saturated carbocycles. The van der Waals surface area contributed by atoms with Gasteiger partial charge >= 0.3 is 6.09 Å². The lowest BCUT2D eigenvalue weighted by molar-refractivity contribution is -0.116. The molecule has 1 aliphatic heterocycles. The number of aromatic nitrogens is 10. The number of likely N-dealkylation sites (tertiary alicyclic amines) is 1. The molecular weight excluding hydrogens is 624 g/mol. The monoisotopic (exact) mass is 661 g/mol. The van der Waals surface area contributed by atoms with Gasteiger partial charge in [-0.15, -0.1) is 20.4 Å². The molecule has 48 heavy (non-hydrogen) atoms. The maximum absolute atomic E-state index is 11.8.